The lowest BCUT2D eigenvalue weighted by Gasteiger charge is -2.26. The standard InChI is InChI=1S/C26H27ClN6O4S/c27-24-7-6-23(38-24)26(35)29-16-19-17-33(31-30-19)21-5-4-18(20-3-1-8-28-25(20)34)15-22(21)37-12-2-9-32-10-13-36-14-11-32/h1,3-8,15,17H,2,9-14,16H2,(H,28,34)(H,29,35). The summed E-state index contributed by atoms with van der Waals surface area (Å²) in [7, 11) is 0. The molecule has 1 aliphatic heterocycles. The molecular formula is C26H27ClN6O4S. The Labute approximate surface area is 228 Å². The molecule has 0 aliphatic carbocycles. The van der Waals surface area contributed by atoms with Crippen molar-refractivity contribution in [1.82, 2.24) is 30.2 Å². The van der Waals surface area contributed by atoms with Gasteiger partial charge in [0.05, 0.1) is 41.8 Å². The highest BCUT2D eigenvalue weighted by molar-refractivity contribution is 7.17. The molecule has 5 rings (SSSR count). The molecule has 1 amide bonds. The highest BCUT2D eigenvalue weighted by atomic mass is 35.5. The minimum atomic E-state index is -0.224. The van der Waals surface area contributed by atoms with Crippen molar-refractivity contribution >= 4 is 28.8 Å². The van der Waals surface area contributed by atoms with Crippen molar-refractivity contribution in [1.29, 1.82) is 0 Å². The number of nitrogens with zero attached hydrogens (tertiary/aromatic N) is 4. The number of carbonyl (C=O) groups excluding carboxylic acids is 1. The number of nitrogens with one attached hydrogen (secondary N) is 2. The lowest BCUT2D eigenvalue weighted by Crippen LogP contribution is -2.37. The number of amides is 1. The van der Waals surface area contributed by atoms with Crippen LogP contribution in [0.25, 0.3) is 16.8 Å². The maximum atomic E-state index is 12.4. The third-order valence-electron chi connectivity index (χ3n) is 6.08. The van der Waals surface area contributed by atoms with Gasteiger partial charge in [0.1, 0.15) is 17.1 Å². The summed E-state index contributed by atoms with van der Waals surface area (Å²) in [6.07, 6.45) is 4.19. The first-order chi connectivity index (χ1) is 18.6. The third kappa shape index (κ3) is 6.48. The molecule has 10 nitrogen and oxygen atoms in total. The van der Waals surface area contributed by atoms with E-state index in [-0.39, 0.29) is 18.0 Å². The quantitative estimate of drug-likeness (QED) is 0.289. The van der Waals surface area contributed by atoms with E-state index in [0.29, 0.717) is 38.5 Å². The van der Waals surface area contributed by atoms with E-state index in [1.165, 1.54) is 11.3 Å². The molecule has 0 saturated carbocycles. The Morgan fingerprint density at radius 2 is 2.08 bits per heavy atom. The third-order valence-corrected chi connectivity index (χ3v) is 7.31. The summed E-state index contributed by atoms with van der Waals surface area (Å²) >= 11 is 7.14. The van der Waals surface area contributed by atoms with Gasteiger partial charge in [-0.15, -0.1) is 16.4 Å². The minimum Gasteiger partial charge on any atom is -0.491 e. The van der Waals surface area contributed by atoms with Crippen molar-refractivity contribution in [3.05, 3.63) is 80.1 Å². The predicted octanol–water partition coefficient (Wildman–Crippen LogP) is 3.37. The summed E-state index contributed by atoms with van der Waals surface area (Å²) in [5.41, 5.74) is 2.38. The molecule has 0 spiro atoms. The van der Waals surface area contributed by atoms with Crippen LogP contribution in [0.2, 0.25) is 4.34 Å². The first-order valence-corrected chi connectivity index (χ1v) is 13.5. The van der Waals surface area contributed by atoms with Crippen LogP contribution in [0.3, 0.4) is 0 Å². The summed E-state index contributed by atoms with van der Waals surface area (Å²) in [5, 5.41) is 11.3. The fraction of sp³-hybridized carbons (Fsp3) is 0.308. The molecule has 198 valence electrons. The van der Waals surface area contributed by atoms with Crippen molar-refractivity contribution in [2.75, 3.05) is 39.5 Å². The van der Waals surface area contributed by atoms with Gasteiger partial charge in [-0.1, -0.05) is 22.9 Å². The number of hydrogen-bond donors (Lipinski definition) is 2. The molecule has 4 heterocycles. The molecule has 38 heavy (non-hydrogen) atoms. The summed E-state index contributed by atoms with van der Waals surface area (Å²) in [6, 6.07) is 12.5. The molecule has 1 saturated heterocycles. The Kier molecular flexibility index (Phi) is 8.49. The van der Waals surface area contributed by atoms with Gasteiger partial charge >= 0.3 is 0 Å². The van der Waals surface area contributed by atoms with E-state index in [0.717, 1.165) is 44.8 Å². The number of benzene rings is 1. The molecular weight excluding hydrogens is 528 g/mol. The zero-order chi connectivity index (χ0) is 26.3. The minimum absolute atomic E-state index is 0.177. The molecule has 0 unspecified atom stereocenters. The number of aromatic nitrogens is 4. The monoisotopic (exact) mass is 554 g/mol. The normalized spacial score (nSPS) is 13.9. The van der Waals surface area contributed by atoms with Gasteiger partial charge in [0.2, 0.25) is 0 Å². The molecule has 1 aromatic carbocycles. The van der Waals surface area contributed by atoms with E-state index in [2.05, 4.69) is 25.5 Å². The van der Waals surface area contributed by atoms with E-state index in [1.807, 2.05) is 18.2 Å². The van der Waals surface area contributed by atoms with Gasteiger partial charge in [0.15, 0.2) is 0 Å². The molecule has 0 atom stereocenters. The second kappa shape index (κ2) is 12.4. The van der Waals surface area contributed by atoms with Crippen LogP contribution in [-0.4, -0.2) is 70.2 Å². The largest absolute Gasteiger partial charge is 0.491 e. The molecule has 0 bridgehead atoms. The van der Waals surface area contributed by atoms with Gasteiger partial charge < -0.3 is 19.8 Å². The topological polar surface area (TPSA) is 114 Å². The molecule has 0 radical (unpaired) electrons. The van der Waals surface area contributed by atoms with E-state index >= 15 is 0 Å². The van der Waals surface area contributed by atoms with E-state index in [1.54, 1.807) is 41.3 Å². The maximum absolute atomic E-state index is 12.4. The number of aromatic amines is 1. The first-order valence-electron chi connectivity index (χ1n) is 12.3. The van der Waals surface area contributed by atoms with Crippen LogP contribution in [0.1, 0.15) is 21.8 Å². The van der Waals surface area contributed by atoms with Crippen LogP contribution in [-0.2, 0) is 11.3 Å². The number of pyridine rings is 1. The highest BCUT2D eigenvalue weighted by Crippen LogP contribution is 2.29. The summed E-state index contributed by atoms with van der Waals surface area (Å²) in [6.45, 7) is 5.00. The molecule has 1 aliphatic rings. The van der Waals surface area contributed by atoms with Gasteiger partial charge in [-0.2, -0.15) is 0 Å². The summed E-state index contributed by atoms with van der Waals surface area (Å²) in [5.74, 6) is 0.361. The van der Waals surface area contributed by atoms with Crippen molar-refractivity contribution < 1.29 is 14.3 Å². The Bertz CT molecular complexity index is 1450. The second-order valence-electron chi connectivity index (χ2n) is 8.69. The lowest BCUT2D eigenvalue weighted by atomic mass is 10.1. The lowest BCUT2D eigenvalue weighted by molar-refractivity contribution is 0.0358. The number of carbonyl (C=O) groups is 1. The second-order valence-corrected chi connectivity index (χ2v) is 10.4. The van der Waals surface area contributed by atoms with Gasteiger partial charge in [0.25, 0.3) is 11.5 Å². The van der Waals surface area contributed by atoms with Crippen molar-refractivity contribution in [2.24, 2.45) is 0 Å². The molecule has 3 aromatic heterocycles. The zero-order valence-corrected chi connectivity index (χ0v) is 22.1. The fourth-order valence-corrected chi connectivity index (χ4v) is 5.08. The maximum Gasteiger partial charge on any atom is 0.261 e. The number of halogens is 1. The van der Waals surface area contributed by atoms with E-state index < -0.39 is 0 Å². The van der Waals surface area contributed by atoms with Gasteiger partial charge in [-0.25, -0.2) is 4.68 Å². The predicted molar refractivity (Wildman–Crippen MR) is 145 cm³/mol. The SMILES string of the molecule is O=C(NCc1cn(-c2ccc(-c3ccc[nH]c3=O)cc2OCCCN2CCOCC2)nn1)c1ccc(Cl)s1. The average molecular weight is 555 g/mol. The molecule has 2 N–H and O–H groups in total. The van der Waals surface area contributed by atoms with Crippen molar-refractivity contribution in [3.8, 4) is 22.6 Å². The van der Waals surface area contributed by atoms with E-state index in [9.17, 15) is 9.59 Å². The summed E-state index contributed by atoms with van der Waals surface area (Å²) < 4.78 is 13.8. The van der Waals surface area contributed by atoms with Crippen LogP contribution >= 0.6 is 22.9 Å². The Morgan fingerprint density at radius 3 is 2.87 bits per heavy atom. The Morgan fingerprint density at radius 1 is 1.21 bits per heavy atom. The van der Waals surface area contributed by atoms with Crippen LogP contribution in [0, 0.1) is 0 Å². The van der Waals surface area contributed by atoms with Crippen molar-refractivity contribution in [3.63, 3.8) is 0 Å². The molecule has 12 heteroatoms. The van der Waals surface area contributed by atoms with Crippen molar-refractivity contribution in [2.45, 2.75) is 13.0 Å². The van der Waals surface area contributed by atoms with Crippen LogP contribution < -0.4 is 15.6 Å². The number of hydrogen-bond acceptors (Lipinski definition) is 8. The van der Waals surface area contributed by atoms with Crippen LogP contribution in [0.5, 0.6) is 5.75 Å². The number of rotatable bonds is 10. The fourth-order valence-electron chi connectivity index (χ4n) is 4.12. The van der Waals surface area contributed by atoms with Crippen LogP contribution in [0.15, 0.2) is 59.7 Å². The summed E-state index contributed by atoms with van der Waals surface area (Å²) in [4.78, 5) is 30.3. The molecule has 1 fully saturated rings. The number of thiophene rings is 1. The van der Waals surface area contributed by atoms with Gasteiger partial charge in [-0.3, -0.25) is 14.5 Å². The van der Waals surface area contributed by atoms with Gasteiger partial charge in [-0.05, 0) is 48.4 Å². The number of H-pyrrole nitrogens is 1. The average Bonchev–Trinajstić information content (AvgIpc) is 3.60. The zero-order valence-electron chi connectivity index (χ0n) is 20.6. The van der Waals surface area contributed by atoms with Crippen LogP contribution in [0.4, 0.5) is 0 Å². The highest BCUT2D eigenvalue weighted by Gasteiger charge is 2.15. The Hall–Kier alpha value is -3.51. The molecule has 4 aromatic rings. The Balaban J connectivity index is 1.31. The van der Waals surface area contributed by atoms with E-state index in [4.69, 9.17) is 21.1 Å². The smallest absolute Gasteiger partial charge is 0.261 e. The number of ether oxygens (including phenoxy) is 2. The first kappa shape index (κ1) is 26.1. The number of morpholine rings is 1. The van der Waals surface area contributed by atoms with Gasteiger partial charge in [0, 0.05) is 31.4 Å².